The molecule has 0 radical (unpaired) electrons. The molecule has 0 aromatic heterocycles. The number of nitriles is 1. The average Bonchev–Trinajstić information content (AvgIpc) is 2.05. The van der Waals surface area contributed by atoms with Crippen molar-refractivity contribution in [1.82, 2.24) is 5.06 Å². The summed E-state index contributed by atoms with van der Waals surface area (Å²) in [4.78, 5) is 0. The van der Waals surface area contributed by atoms with E-state index in [4.69, 9.17) is 10.00 Å². The molecule has 0 amide bonds. The van der Waals surface area contributed by atoms with Crippen LogP contribution in [0.2, 0.25) is 0 Å². The van der Waals surface area contributed by atoms with Gasteiger partial charge in [0.05, 0.1) is 12.7 Å². The molecule has 12 heavy (non-hydrogen) atoms. The maximum Gasteiger partial charge on any atom is 0.165 e. The fourth-order valence-electron chi connectivity index (χ4n) is 1.43. The zero-order valence-electron chi connectivity index (χ0n) is 7.25. The second kappa shape index (κ2) is 3.85. The van der Waals surface area contributed by atoms with Crippen LogP contribution in [0, 0.1) is 16.5 Å². The molecule has 1 aliphatic rings. The van der Waals surface area contributed by atoms with Gasteiger partial charge in [0.25, 0.3) is 0 Å². The zero-order chi connectivity index (χ0) is 9.03. The molecule has 0 aromatic carbocycles. The summed E-state index contributed by atoms with van der Waals surface area (Å²) in [7, 11) is 0. The lowest BCUT2D eigenvalue weighted by Crippen LogP contribution is -2.48. The predicted molar refractivity (Wildman–Crippen MR) is 44.1 cm³/mol. The molecular weight excluding hydrogens is 156 g/mol. The maximum atomic E-state index is 11.0. The first-order chi connectivity index (χ1) is 5.72. The first-order valence-electron chi connectivity index (χ1n) is 4.20. The first-order valence-corrected chi connectivity index (χ1v) is 4.20. The van der Waals surface area contributed by atoms with Crippen molar-refractivity contribution in [2.45, 2.75) is 25.4 Å². The van der Waals surface area contributed by atoms with Crippen LogP contribution in [0.5, 0.6) is 0 Å². The van der Waals surface area contributed by atoms with Crippen molar-refractivity contribution in [1.29, 1.82) is 5.26 Å². The van der Waals surface area contributed by atoms with Crippen molar-refractivity contribution in [2.75, 3.05) is 19.7 Å². The Balaban J connectivity index is 2.59. The molecule has 4 heteroatoms. The van der Waals surface area contributed by atoms with Gasteiger partial charge < -0.3 is 15.0 Å². The summed E-state index contributed by atoms with van der Waals surface area (Å²) in [5.41, 5.74) is -0.839. The van der Waals surface area contributed by atoms with E-state index in [1.54, 1.807) is 0 Å². The van der Waals surface area contributed by atoms with Crippen LogP contribution in [0.15, 0.2) is 0 Å². The van der Waals surface area contributed by atoms with Gasteiger partial charge in [-0.1, -0.05) is 13.3 Å². The Morgan fingerprint density at radius 2 is 2.50 bits per heavy atom. The molecule has 4 nitrogen and oxygen atoms in total. The minimum atomic E-state index is -0.839. The number of ether oxygens (including phenoxy) is 1. The number of morpholine rings is 1. The summed E-state index contributed by atoms with van der Waals surface area (Å²) in [5.74, 6) is 0. The largest absolute Gasteiger partial charge is 0.785 e. The molecule has 0 N–H and O–H groups in total. The third-order valence-corrected chi connectivity index (χ3v) is 2.01. The second-order valence-electron chi connectivity index (χ2n) is 3.07. The molecule has 0 spiro atoms. The fraction of sp³-hybridized carbons (Fsp3) is 0.875. The highest BCUT2D eigenvalue weighted by Gasteiger charge is 2.32. The minimum Gasteiger partial charge on any atom is -0.785 e. The highest BCUT2D eigenvalue weighted by molar-refractivity contribution is 5.05. The van der Waals surface area contributed by atoms with Crippen LogP contribution >= 0.6 is 0 Å². The van der Waals surface area contributed by atoms with E-state index in [-0.39, 0.29) is 6.54 Å². The van der Waals surface area contributed by atoms with Crippen molar-refractivity contribution in [3.05, 3.63) is 5.21 Å². The third-order valence-electron chi connectivity index (χ3n) is 2.01. The van der Waals surface area contributed by atoms with E-state index < -0.39 is 5.60 Å². The maximum absolute atomic E-state index is 11.0. The number of hydrogen-bond acceptors (Lipinski definition) is 4. The Hall–Kier alpha value is -0.630. The van der Waals surface area contributed by atoms with Crippen LogP contribution in [-0.4, -0.2) is 30.4 Å². The van der Waals surface area contributed by atoms with E-state index in [9.17, 15) is 5.21 Å². The Kier molecular flexibility index (Phi) is 3.04. The van der Waals surface area contributed by atoms with E-state index in [1.165, 1.54) is 0 Å². The summed E-state index contributed by atoms with van der Waals surface area (Å²) in [5, 5.41) is 20.8. The van der Waals surface area contributed by atoms with E-state index in [1.807, 2.05) is 6.92 Å². The van der Waals surface area contributed by atoms with Crippen LogP contribution in [0.1, 0.15) is 19.8 Å². The SMILES string of the molecule is CCCC1(C#N)CN([O-])CCO1. The molecule has 1 rings (SSSR count). The zero-order valence-corrected chi connectivity index (χ0v) is 7.25. The summed E-state index contributed by atoms with van der Waals surface area (Å²) < 4.78 is 5.32. The number of rotatable bonds is 2. The van der Waals surface area contributed by atoms with Gasteiger partial charge in [-0.15, -0.1) is 0 Å². The molecular formula is C8H13N2O2-. The molecule has 0 bridgehead atoms. The van der Waals surface area contributed by atoms with E-state index in [0.717, 1.165) is 11.5 Å². The smallest absolute Gasteiger partial charge is 0.165 e. The summed E-state index contributed by atoms with van der Waals surface area (Å²) >= 11 is 0. The van der Waals surface area contributed by atoms with Gasteiger partial charge in [0.2, 0.25) is 0 Å². The van der Waals surface area contributed by atoms with Crippen LogP contribution < -0.4 is 0 Å². The second-order valence-corrected chi connectivity index (χ2v) is 3.07. The molecule has 0 aromatic rings. The normalized spacial score (nSPS) is 31.4. The quantitative estimate of drug-likeness (QED) is 0.615. The van der Waals surface area contributed by atoms with Gasteiger partial charge in [0.15, 0.2) is 5.60 Å². The lowest BCUT2D eigenvalue weighted by Gasteiger charge is -2.41. The number of hydrogen-bond donors (Lipinski definition) is 0. The van der Waals surface area contributed by atoms with Crippen LogP contribution in [0.3, 0.4) is 0 Å². The molecule has 0 aliphatic carbocycles. The van der Waals surface area contributed by atoms with Gasteiger partial charge in [0.1, 0.15) is 0 Å². The van der Waals surface area contributed by atoms with Crippen molar-refractivity contribution in [3.63, 3.8) is 0 Å². The minimum absolute atomic E-state index is 0.192. The lowest BCUT2D eigenvalue weighted by molar-refractivity contribution is -0.0653. The molecule has 0 saturated carbocycles. The predicted octanol–water partition coefficient (Wildman–Crippen LogP) is 0.879. The molecule has 1 unspecified atom stereocenters. The van der Waals surface area contributed by atoms with E-state index in [0.29, 0.717) is 19.6 Å². The molecule has 1 heterocycles. The molecule has 68 valence electrons. The van der Waals surface area contributed by atoms with Crippen molar-refractivity contribution >= 4 is 0 Å². The molecule has 1 atom stereocenters. The summed E-state index contributed by atoms with van der Waals surface area (Å²) in [6.45, 7) is 2.92. The highest BCUT2D eigenvalue weighted by Crippen LogP contribution is 2.21. The standard InChI is InChI=1S/C8H13N2O2/c1-2-3-8(6-9)7-10(11)4-5-12-8/h2-5,7H2,1H3/q-1. The Labute approximate surface area is 72.3 Å². The number of nitrogens with zero attached hydrogens (tertiary/aromatic N) is 2. The van der Waals surface area contributed by atoms with Crippen LogP contribution in [-0.2, 0) is 4.74 Å². The molecule has 1 aliphatic heterocycles. The monoisotopic (exact) mass is 169 g/mol. The van der Waals surface area contributed by atoms with Gasteiger partial charge >= 0.3 is 0 Å². The van der Waals surface area contributed by atoms with Gasteiger partial charge in [-0.05, 0) is 6.42 Å². The van der Waals surface area contributed by atoms with Gasteiger partial charge in [-0.25, -0.2) is 0 Å². The van der Waals surface area contributed by atoms with Crippen molar-refractivity contribution < 1.29 is 4.74 Å². The molecule has 1 fully saturated rings. The Morgan fingerprint density at radius 3 is 3.00 bits per heavy atom. The highest BCUT2D eigenvalue weighted by atomic mass is 16.5. The van der Waals surface area contributed by atoms with Crippen LogP contribution in [0.25, 0.3) is 0 Å². The van der Waals surface area contributed by atoms with Gasteiger partial charge in [-0.3, -0.25) is 0 Å². The number of hydroxylamine groups is 2. The Morgan fingerprint density at radius 1 is 1.75 bits per heavy atom. The first kappa shape index (κ1) is 9.46. The average molecular weight is 169 g/mol. The van der Waals surface area contributed by atoms with Crippen molar-refractivity contribution in [2.24, 2.45) is 0 Å². The topological polar surface area (TPSA) is 59.3 Å². The lowest BCUT2D eigenvalue weighted by atomic mass is 9.98. The molecule has 1 saturated heterocycles. The summed E-state index contributed by atoms with van der Waals surface area (Å²) in [6, 6.07) is 2.08. The summed E-state index contributed by atoms with van der Waals surface area (Å²) in [6.07, 6.45) is 1.50. The van der Waals surface area contributed by atoms with E-state index in [2.05, 4.69) is 6.07 Å². The fourth-order valence-corrected chi connectivity index (χ4v) is 1.43. The van der Waals surface area contributed by atoms with E-state index >= 15 is 0 Å². The van der Waals surface area contributed by atoms with Crippen LogP contribution in [0.4, 0.5) is 0 Å². The van der Waals surface area contributed by atoms with Crippen molar-refractivity contribution in [3.8, 4) is 6.07 Å². The van der Waals surface area contributed by atoms with Gasteiger partial charge in [0, 0.05) is 13.1 Å². The van der Waals surface area contributed by atoms with Gasteiger partial charge in [-0.2, -0.15) is 5.26 Å². The Bertz CT molecular complexity index is 186. The third kappa shape index (κ3) is 1.95.